The Bertz CT molecular complexity index is 1290. The summed E-state index contributed by atoms with van der Waals surface area (Å²) in [6.07, 6.45) is -5.54. The number of rotatable bonds is 10. The molecule has 3 heterocycles. The third-order valence-electron chi connectivity index (χ3n) is 4.24. The molecule has 21 nitrogen and oxygen atoms in total. The van der Waals surface area contributed by atoms with Gasteiger partial charge in [-0.3, -0.25) is 9.09 Å². The molecule has 0 saturated carbocycles. The zero-order valence-corrected chi connectivity index (χ0v) is 19.8. The number of fused-ring (bicyclic) bond motifs is 1. The van der Waals surface area contributed by atoms with Crippen LogP contribution in [0.3, 0.4) is 0 Å². The molecular weight excluding hydrogens is 545 g/mol. The highest BCUT2D eigenvalue weighted by Gasteiger charge is 2.47. The normalized spacial score (nSPS) is 26.1. The van der Waals surface area contributed by atoms with Gasteiger partial charge in [-0.1, -0.05) is 0 Å². The number of phosphoric ester groups is 1. The largest absolute Gasteiger partial charge is 0.490 e. The fraction of sp³-hybridized carbons (Fsp3) is 0.545. The second-order valence-electron chi connectivity index (χ2n) is 6.55. The molecule has 1 aliphatic heterocycles. The number of hydrogen-bond acceptors (Lipinski definition) is 14. The van der Waals surface area contributed by atoms with E-state index in [1.54, 1.807) is 0 Å². The van der Waals surface area contributed by atoms with E-state index in [1.165, 1.54) is 7.05 Å². The molecule has 0 aliphatic carbocycles. The number of aliphatic hydroxyl groups excluding tert-OH is 2. The van der Waals surface area contributed by atoms with Gasteiger partial charge in [-0.2, -0.15) is 8.62 Å². The van der Waals surface area contributed by atoms with Crippen molar-refractivity contribution in [3.63, 3.8) is 0 Å². The van der Waals surface area contributed by atoms with Gasteiger partial charge in [-0.05, 0) is 10.6 Å². The van der Waals surface area contributed by atoms with Gasteiger partial charge < -0.3 is 39.8 Å². The first-order valence-corrected chi connectivity index (χ1v) is 13.5. The fourth-order valence-corrected chi connectivity index (χ4v) is 6.01. The summed E-state index contributed by atoms with van der Waals surface area (Å²) in [5, 5.41) is 26.9. The molecule has 0 spiro atoms. The Kier molecular flexibility index (Phi) is 7.97. The van der Waals surface area contributed by atoms with Gasteiger partial charge >= 0.3 is 23.5 Å². The lowest BCUT2D eigenvalue weighted by molar-refractivity contribution is -0.0495. The molecule has 3 rings (SSSR count). The number of ether oxygens (including phenoxy) is 1. The van der Waals surface area contributed by atoms with Crippen molar-refractivity contribution in [3.05, 3.63) is 16.8 Å². The Labute approximate surface area is 193 Å². The zero-order valence-electron chi connectivity index (χ0n) is 17.1. The second-order valence-corrected chi connectivity index (χ2v) is 11.0. The van der Waals surface area contributed by atoms with Crippen LogP contribution in [0, 0.1) is 0 Å². The number of azide groups is 1. The average molecular weight is 562 g/mol. The lowest BCUT2D eigenvalue weighted by atomic mass is 10.1. The standard InChI is InChI=1S/C11H17N8O13P3/c1-13-8-5-9(15-3-14-8)19(11(16-5)17-18-12)10-7(21)6(20)4(30-10)2-29-34(25,26)32-35(27,28)31-33(22,23)24/h3-4,6-7,10,20-21H,2H2,1H3,(H,25,26)(H,27,28)(H,13,14,15)(H2,22,23,24). The summed E-state index contributed by atoms with van der Waals surface area (Å²) in [6, 6.07) is 0. The van der Waals surface area contributed by atoms with Crippen molar-refractivity contribution in [2.24, 2.45) is 5.11 Å². The maximum Gasteiger partial charge on any atom is 0.490 e. The van der Waals surface area contributed by atoms with E-state index in [0.29, 0.717) is 0 Å². The van der Waals surface area contributed by atoms with Crippen LogP contribution in [0.25, 0.3) is 21.6 Å². The molecule has 1 aliphatic rings. The van der Waals surface area contributed by atoms with Crippen molar-refractivity contribution in [2.75, 3.05) is 19.0 Å². The van der Waals surface area contributed by atoms with E-state index in [9.17, 15) is 33.7 Å². The van der Waals surface area contributed by atoms with Gasteiger partial charge in [0.2, 0.25) is 5.95 Å². The number of aromatic nitrogens is 4. The van der Waals surface area contributed by atoms with Crippen molar-refractivity contribution < 1.29 is 61.4 Å². The average Bonchev–Trinajstić information content (AvgIpc) is 3.21. The molecule has 1 saturated heterocycles. The van der Waals surface area contributed by atoms with Crippen LogP contribution in [-0.4, -0.2) is 81.3 Å². The predicted molar refractivity (Wildman–Crippen MR) is 109 cm³/mol. The van der Waals surface area contributed by atoms with Crippen LogP contribution in [0.5, 0.6) is 0 Å². The van der Waals surface area contributed by atoms with Crippen LogP contribution in [0.1, 0.15) is 6.23 Å². The molecular formula is C11H17N8O13P3. The summed E-state index contributed by atoms with van der Waals surface area (Å²) >= 11 is 0. The molecule has 1 fully saturated rings. The van der Waals surface area contributed by atoms with E-state index in [1.807, 2.05) is 0 Å². The molecule has 7 N–H and O–H groups in total. The van der Waals surface area contributed by atoms with Crippen LogP contribution in [0.2, 0.25) is 0 Å². The minimum absolute atomic E-state index is 0.0107. The number of hydrogen-bond donors (Lipinski definition) is 7. The van der Waals surface area contributed by atoms with Gasteiger partial charge in [0.1, 0.15) is 24.6 Å². The van der Waals surface area contributed by atoms with Crippen LogP contribution >= 0.6 is 23.5 Å². The number of aliphatic hydroxyl groups is 2. The molecule has 24 heteroatoms. The number of nitrogens with zero attached hydrogens (tertiary/aromatic N) is 7. The van der Waals surface area contributed by atoms with E-state index in [0.717, 1.165) is 10.9 Å². The molecule has 2 aromatic rings. The van der Waals surface area contributed by atoms with Gasteiger partial charge in [-0.15, -0.1) is 0 Å². The summed E-state index contributed by atoms with van der Waals surface area (Å²) in [5.74, 6) is -0.121. The minimum Gasteiger partial charge on any atom is -0.387 e. The first-order chi connectivity index (χ1) is 16.2. The summed E-state index contributed by atoms with van der Waals surface area (Å²) in [5.41, 5.74) is 8.97. The number of anilines is 1. The molecule has 2 aromatic heterocycles. The molecule has 35 heavy (non-hydrogen) atoms. The third kappa shape index (κ3) is 6.39. The molecule has 6 atom stereocenters. The maximum atomic E-state index is 11.9. The molecule has 0 radical (unpaired) electrons. The molecule has 0 amide bonds. The Balaban J connectivity index is 1.82. The van der Waals surface area contributed by atoms with Crippen molar-refractivity contribution in [1.82, 2.24) is 19.5 Å². The van der Waals surface area contributed by atoms with Crippen molar-refractivity contribution >= 4 is 46.4 Å². The first-order valence-electron chi connectivity index (χ1n) is 8.94. The van der Waals surface area contributed by atoms with Gasteiger partial charge in [0.05, 0.1) is 6.61 Å². The Hall–Kier alpha value is -2.05. The van der Waals surface area contributed by atoms with Gasteiger partial charge in [0.25, 0.3) is 0 Å². The maximum absolute atomic E-state index is 11.9. The molecule has 0 aromatic carbocycles. The number of nitrogens with one attached hydrogen (secondary N) is 1. The van der Waals surface area contributed by atoms with Gasteiger partial charge in [0.15, 0.2) is 23.2 Å². The monoisotopic (exact) mass is 562 g/mol. The third-order valence-corrected chi connectivity index (χ3v) is 8.04. The van der Waals surface area contributed by atoms with Crippen molar-refractivity contribution in [3.8, 4) is 0 Å². The fourth-order valence-electron chi connectivity index (χ4n) is 2.98. The van der Waals surface area contributed by atoms with E-state index in [2.05, 4.69) is 43.4 Å². The van der Waals surface area contributed by atoms with E-state index >= 15 is 0 Å². The highest BCUT2D eigenvalue weighted by molar-refractivity contribution is 7.66. The predicted octanol–water partition coefficient (Wildman–Crippen LogP) is -0.228. The summed E-state index contributed by atoms with van der Waals surface area (Å²) in [7, 11) is -15.3. The lowest BCUT2D eigenvalue weighted by Gasteiger charge is -2.19. The Morgan fingerprint density at radius 2 is 1.86 bits per heavy atom. The highest BCUT2D eigenvalue weighted by atomic mass is 31.3. The summed E-state index contributed by atoms with van der Waals surface area (Å²) in [6.45, 7) is -1.04. The quantitative estimate of drug-likeness (QED) is 0.0851. The number of imidazole rings is 1. The number of phosphoric acid groups is 3. The van der Waals surface area contributed by atoms with Crippen LogP contribution in [0.4, 0.5) is 11.8 Å². The SMILES string of the molecule is CNc1ncnc2c1nc(N=[N+]=[N-])n2C1OC(COP(=O)(O)OP(=O)(O)OP(=O)(O)O)C(O)C1O. The van der Waals surface area contributed by atoms with E-state index in [-0.39, 0.29) is 22.9 Å². The first kappa shape index (κ1) is 27.5. The Morgan fingerprint density at radius 1 is 1.17 bits per heavy atom. The molecule has 6 unspecified atom stereocenters. The van der Waals surface area contributed by atoms with E-state index < -0.39 is 54.6 Å². The lowest BCUT2D eigenvalue weighted by Crippen LogP contribution is -2.33. The van der Waals surface area contributed by atoms with Crippen LogP contribution in [0.15, 0.2) is 11.4 Å². The van der Waals surface area contributed by atoms with Crippen molar-refractivity contribution in [1.29, 1.82) is 0 Å². The minimum atomic E-state index is -5.76. The summed E-state index contributed by atoms with van der Waals surface area (Å²) < 4.78 is 52.1. The Morgan fingerprint density at radius 3 is 2.46 bits per heavy atom. The smallest absolute Gasteiger partial charge is 0.387 e. The second kappa shape index (κ2) is 10.1. The highest BCUT2D eigenvalue weighted by Crippen LogP contribution is 2.66. The van der Waals surface area contributed by atoms with Crippen LogP contribution < -0.4 is 5.32 Å². The molecule has 194 valence electrons. The van der Waals surface area contributed by atoms with Gasteiger partial charge in [0, 0.05) is 12.0 Å². The zero-order chi connectivity index (χ0) is 26.2. The van der Waals surface area contributed by atoms with Crippen molar-refractivity contribution in [2.45, 2.75) is 24.5 Å². The van der Waals surface area contributed by atoms with E-state index in [4.69, 9.17) is 20.1 Å². The topological polar surface area (TPSA) is 314 Å². The summed E-state index contributed by atoms with van der Waals surface area (Å²) in [4.78, 5) is 50.5. The molecule has 0 bridgehead atoms. The van der Waals surface area contributed by atoms with Crippen LogP contribution in [-0.2, 0) is 31.6 Å². The van der Waals surface area contributed by atoms with Gasteiger partial charge in [-0.25, -0.2) is 28.6 Å².